The van der Waals surface area contributed by atoms with Crippen LogP contribution in [0, 0.1) is 0 Å². The van der Waals surface area contributed by atoms with E-state index in [2.05, 4.69) is 0 Å². The standard InChI is InChI=1S/C13H15NO4/c1-8-12(13(16)14-6-9(15)7-14)18-11-5-3-2-4-10(11)17-8/h2-5,8-9,12,15H,6-7H2,1H3. The van der Waals surface area contributed by atoms with E-state index in [9.17, 15) is 9.90 Å². The molecule has 2 unspecified atom stereocenters. The van der Waals surface area contributed by atoms with Gasteiger partial charge in [0.15, 0.2) is 11.5 Å². The van der Waals surface area contributed by atoms with Gasteiger partial charge in [-0.1, -0.05) is 12.1 Å². The molecule has 2 aliphatic heterocycles. The summed E-state index contributed by atoms with van der Waals surface area (Å²) in [7, 11) is 0. The van der Waals surface area contributed by atoms with Crippen molar-refractivity contribution in [1.82, 2.24) is 4.90 Å². The molecule has 18 heavy (non-hydrogen) atoms. The maximum absolute atomic E-state index is 12.2. The molecule has 96 valence electrons. The molecule has 0 radical (unpaired) electrons. The van der Waals surface area contributed by atoms with Gasteiger partial charge in [-0.15, -0.1) is 0 Å². The van der Waals surface area contributed by atoms with Gasteiger partial charge in [0.1, 0.15) is 6.10 Å². The third-order valence-corrected chi connectivity index (χ3v) is 3.26. The number of amides is 1. The number of para-hydroxylation sites is 2. The highest BCUT2D eigenvalue weighted by molar-refractivity contribution is 5.83. The highest BCUT2D eigenvalue weighted by Gasteiger charge is 2.40. The second kappa shape index (κ2) is 4.17. The SMILES string of the molecule is CC1Oc2ccccc2OC1C(=O)N1CC(O)C1. The lowest BCUT2D eigenvalue weighted by molar-refractivity contribution is -0.154. The van der Waals surface area contributed by atoms with Crippen molar-refractivity contribution in [3.63, 3.8) is 0 Å². The third kappa shape index (κ3) is 1.80. The minimum atomic E-state index is -0.632. The van der Waals surface area contributed by atoms with Crippen LogP contribution in [0.1, 0.15) is 6.92 Å². The lowest BCUT2D eigenvalue weighted by atomic mass is 10.1. The molecule has 1 saturated heterocycles. The molecule has 2 aliphatic rings. The van der Waals surface area contributed by atoms with Crippen molar-refractivity contribution >= 4 is 5.91 Å². The molecule has 5 nitrogen and oxygen atoms in total. The summed E-state index contributed by atoms with van der Waals surface area (Å²) in [5, 5.41) is 9.22. The molecule has 1 aromatic carbocycles. The summed E-state index contributed by atoms with van der Waals surface area (Å²) in [5.41, 5.74) is 0. The predicted octanol–water partition coefficient (Wildman–Crippen LogP) is 0.418. The molecule has 2 atom stereocenters. The molecule has 0 saturated carbocycles. The van der Waals surface area contributed by atoms with Gasteiger partial charge in [-0.25, -0.2) is 0 Å². The molecule has 3 rings (SSSR count). The van der Waals surface area contributed by atoms with Crippen LogP contribution in [0.25, 0.3) is 0 Å². The molecule has 1 amide bonds. The van der Waals surface area contributed by atoms with Crippen molar-refractivity contribution in [3.8, 4) is 11.5 Å². The molecule has 0 bridgehead atoms. The van der Waals surface area contributed by atoms with Crippen molar-refractivity contribution < 1.29 is 19.4 Å². The van der Waals surface area contributed by atoms with Crippen LogP contribution in [0.4, 0.5) is 0 Å². The number of carbonyl (C=O) groups is 1. The highest BCUT2D eigenvalue weighted by Crippen LogP contribution is 2.34. The Morgan fingerprint density at radius 3 is 2.50 bits per heavy atom. The molecule has 0 aromatic heterocycles. The van der Waals surface area contributed by atoms with E-state index in [-0.39, 0.29) is 12.0 Å². The fourth-order valence-corrected chi connectivity index (χ4v) is 2.21. The zero-order valence-corrected chi connectivity index (χ0v) is 10.1. The maximum atomic E-state index is 12.2. The van der Waals surface area contributed by atoms with Gasteiger partial charge in [-0.2, -0.15) is 0 Å². The first kappa shape index (κ1) is 11.3. The van der Waals surface area contributed by atoms with Gasteiger partial charge in [-0.3, -0.25) is 4.79 Å². The topological polar surface area (TPSA) is 59.0 Å². The molecule has 1 N–H and O–H groups in total. The minimum absolute atomic E-state index is 0.123. The van der Waals surface area contributed by atoms with Crippen LogP contribution >= 0.6 is 0 Å². The van der Waals surface area contributed by atoms with E-state index >= 15 is 0 Å². The first-order chi connectivity index (χ1) is 8.65. The molecule has 1 aromatic rings. The molecule has 0 aliphatic carbocycles. The lowest BCUT2D eigenvalue weighted by Gasteiger charge is -2.40. The largest absolute Gasteiger partial charge is 0.482 e. The number of carbonyl (C=O) groups excluding carboxylic acids is 1. The van der Waals surface area contributed by atoms with Gasteiger partial charge in [-0.05, 0) is 19.1 Å². The summed E-state index contributed by atoms with van der Waals surface area (Å²) in [4.78, 5) is 13.7. The Morgan fingerprint density at radius 2 is 1.89 bits per heavy atom. The number of nitrogens with zero attached hydrogens (tertiary/aromatic N) is 1. The van der Waals surface area contributed by atoms with Crippen LogP contribution in [0.3, 0.4) is 0 Å². The Kier molecular flexibility index (Phi) is 2.63. The van der Waals surface area contributed by atoms with Gasteiger partial charge in [0.25, 0.3) is 5.91 Å². The number of β-amino-alcohol motifs (C(OH)–C–C–N with tert-alkyl or cyclic N) is 1. The van der Waals surface area contributed by atoms with Crippen LogP contribution < -0.4 is 9.47 Å². The zero-order valence-electron chi connectivity index (χ0n) is 10.1. The fourth-order valence-electron chi connectivity index (χ4n) is 2.21. The number of rotatable bonds is 1. The van der Waals surface area contributed by atoms with E-state index < -0.39 is 12.2 Å². The number of aliphatic hydroxyl groups is 1. The summed E-state index contributed by atoms with van der Waals surface area (Å²) in [6, 6.07) is 7.31. The van der Waals surface area contributed by atoms with Gasteiger partial charge < -0.3 is 19.5 Å². The molecular weight excluding hydrogens is 234 g/mol. The van der Waals surface area contributed by atoms with Crippen LogP contribution in [0.2, 0.25) is 0 Å². The normalized spacial score (nSPS) is 26.7. The van der Waals surface area contributed by atoms with Crippen molar-refractivity contribution in [3.05, 3.63) is 24.3 Å². The van der Waals surface area contributed by atoms with Gasteiger partial charge in [0.2, 0.25) is 6.10 Å². The van der Waals surface area contributed by atoms with Crippen LogP contribution in [-0.4, -0.2) is 47.3 Å². The quantitative estimate of drug-likeness (QED) is 0.783. The van der Waals surface area contributed by atoms with Crippen molar-refractivity contribution in [2.24, 2.45) is 0 Å². The highest BCUT2D eigenvalue weighted by atomic mass is 16.6. The Labute approximate surface area is 105 Å². The Bertz CT molecular complexity index is 470. The van der Waals surface area contributed by atoms with Crippen molar-refractivity contribution in [2.75, 3.05) is 13.1 Å². The predicted molar refractivity (Wildman–Crippen MR) is 63.5 cm³/mol. The van der Waals surface area contributed by atoms with Crippen LogP contribution in [-0.2, 0) is 4.79 Å². The summed E-state index contributed by atoms with van der Waals surface area (Å²) in [6.45, 7) is 2.58. The van der Waals surface area contributed by atoms with Gasteiger partial charge in [0.05, 0.1) is 6.10 Å². The second-order valence-corrected chi connectivity index (χ2v) is 4.71. The number of likely N-dealkylation sites (tertiary alicyclic amines) is 1. The maximum Gasteiger partial charge on any atom is 0.267 e. The van der Waals surface area contributed by atoms with Gasteiger partial charge >= 0.3 is 0 Å². The summed E-state index contributed by atoms with van der Waals surface area (Å²) in [6.07, 6.45) is -1.36. The van der Waals surface area contributed by atoms with Crippen LogP contribution in [0.15, 0.2) is 24.3 Å². The number of ether oxygens (including phenoxy) is 2. The summed E-state index contributed by atoms with van der Waals surface area (Å²) in [5.74, 6) is 1.13. The molecular formula is C13H15NO4. The Morgan fingerprint density at radius 1 is 1.28 bits per heavy atom. The van der Waals surface area contributed by atoms with E-state index in [1.165, 1.54) is 0 Å². The number of hydrogen-bond donors (Lipinski definition) is 1. The summed E-state index contributed by atoms with van der Waals surface area (Å²) < 4.78 is 11.4. The number of hydrogen-bond acceptors (Lipinski definition) is 4. The average Bonchev–Trinajstić information content (AvgIpc) is 2.33. The molecule has 0 spiro atoms. The van der Waals surface area contributed by atoms with E-state index in [4.69, 9.17) is 9.47 Å². The van der Waals surface area contributed by atoms with Crippen molar-refractivity contribution in [1.29, 1.82) is 0 Å². The van der Waals surface area contributed by atoms with Crippen LogP contribution in [0.5, 0.6) is 11.5 Å². The number of fused-ring (bicyclic) bond motifs is 1. The second-order valence-electron chi connectivity index (χ2n) is 4.71. The Balaban J connectivity index is 1.76. The smallest absolute Gasteiger partial charge is 0.267 e. The van der Waals surface area contributed by atoms with Gasteiger partial charge in [0, 0.05) is 13.1 Å². The molecule has 1 fully saturated rings. The lowest BCUT2D eigenvalue weighted by Crippen LogP contribution is -2.60. The number of aliphatic hydroxyl groups excluding tert-OH is 1. The average molecular weight is 249 g/mol. The third-order valence-electron chi connectivity index (χ3n) is 3.26. The minimum Gasteiger partial charge on any atom is -0.482 e. The zero-order chi connectivity index (χ0) is 12.7. The first-order valence-electron chi connectivity index (χ1n) is 6.04. The van der Waals surface area contributed by atoms with E-state index in [1.54, 1.807) is 11.0 Å². The summed E-state index contributed by atoms with van der Waals surface area (Å²) >= 11 is 0. The molecule has 2 heterocycles. The van der Waals surface area contributed by atoms with E-state index in [1.807, 2.05) is 25.1 Å². The van der Waals surface area contributed by atoms with E-state index in [0.717, 1.165) is 0 Å². The first-order valence-corrected chi connectivity index (χ1v) is 6.04. The monoisotopic (exact) mass is 249 g/mol. The fraction of sp³-hybridized carbons (Fsp3) is 0.462. The van der Waals surface area contributed by atoms with Crippen molar-refractivity contribution in [2.45, 2.75) is 25.2 Å². The molecule has 5 heteroatoms. The number of benzene rings is 1. The van der Waals surface area contributed by atoms with E-state index in [0.29, 0.717) is 24.6 Å². The Hall–Kier alpha value is -1.75.